The Morgan fingerprint density at radius 3 is 2.25 bits per heavy atom. The van der Waals surface area contributed by atoms with Crippen LogP contribution in [0.1, 0.15) is 75.8 Å². The molecule has 2 unspecified atom stereocenters. The second-order valence-electron chi connectivity index (χ2n) is 9.70. The summed E-state index contributed by atoms with van der Waals surface area (Å²) in [6, 6.07) is 8.90. The second-order valence-corrected chi connectivity index (χ2v) is 9.70. The van der Waals surface area contributed by atoms with E-state index in [1.165, 1.54) is 35.1 Å². The van der Waals surface area contributed by atoms with Crippen molar-refractivity contribution in [2.24, 2.45) is 0 Å². The summed E-state index contributed by atoms with van der Waals surface area (Å²) in [5.41, 5.74) is 7.44. The fourth-order valence-electron chi connectivity index (χ4n) is 5.49. The van der Waals surface area contributed by atoms with E-state index in [0.29, 0.717) is 6.10 Å². The number of aryl methyl sites for hydroxylation is 3. The number of hydrogen-bond donors (Lipinski definition) is 0. The summed E-state index contributed by atoms with van der Waals surface area (Å²) in [7, 11) is 0. The van der Waals surface area contributed by atoms with Gasteiger partial charge in [0, 0.05) is 42.5 Å². The summed E-state index contributed by atoms with van der Waals surface area (Å²) in [4.78, 5) is 7.66. The quantitative estimate of drug-likeness (QED) is 0.524. The highest BCUT2D eigenvalue weighted by Crippen LogP contribution is 2.35. The van der Waals surface area contributed by atoms with Crippen molar-refractivity contribution in [1.29, 1.82) is 0 Å². The van der Waals surface area contributed by atoms with Crippen LogP contribution in [0.3, 0.4) is 0 Å². The zero-order chi connectivity index (χ0) is 22.7. The minimum absolute atomic E-state index is 0.258. The molecule has 4 rings (SSSR count). The number of nitrogens with zero attached hydrogens (tertiary/aromatic N) is 2. The van der Waals surface area contributed by atoms with Crippen LogP contribution in [0.5, 0.6) is 5.75 Å². The van der Waals surface area contributed by atoms with Gasteiger partial charge < -0.3 is 9.47 Å². The molecule has 2 aromatic rings. The van der Waals surface area contributed by atoms with E-state index in [1.807, 2.05) is 0 Å². The molecule has 0 spiro atoms. The zero-order valence-electron chi connectivity index (χ0n) is 20.6. The molecule has 174 valence electrons. The number of benzene rings is 1. The van der Waals surface area contributed by atoms with Crippen LogP contribution in [0.25, 0.3) is 11.3 Å². The molecule has 2 atom stereocenters. The lowest BCUT2D eigenvalue weighted by Crippen LogP contribution is -2.45. The van der Waals surface area contributed by atoms with E-state index in [0.717, 1.165) is 62.5 Å². The summed E-state index contributed by atoms with van der Waals surface area (Å²) in [5, 5.41) is 0. The molecule has 0 N–H and O–H groups in total. The van der Waals surface area contributed by atoms with E-state index < -0.39 is 0 Å². The highest BCUT2D eigenvalue weighted by atomic mass is 16.5. The van der Waals surface area contributed by atoms with Gasteiger partial charge in [0.1, 0.15) is 5.75 Å². The summed E-state index contributed by atoms with van der Waals surface area (Å²) in [6.45, 7) is 13.7. The van der Waals surface area contributed by atoms with E-state index in [-0.39, 0.29) is 12.2 Å². The molecule has 2 heterocycles. The van der Waals surface area contributed by atoms with Gasteiger partial charge in [-0.25, -0.2) is 0 Å². The molecule has 1 saturated heterocycles. The molecular formula is C28H40N2O2. The Morgan fingerprint density at radius 1 is 1.03 bits per heavy atom. The van der Waals surface area contributed by atoms with Crippen LogP contribution in [-0.2, 0) is 24.1 Å². The van der Waals surface area contributed by atoms with Gasteiger partial charge in [0.05, 0.1) is 24.0 Å². The SMILES string of the molecule is CCc1cccc(CC)c1-c1cc(OC2CCCC2)c(CN2CC(C)OC(C)C2)c(C)n1. The summed E-state index contributed by atoms with van der Waals surface area (Å²) < 4.78 is 12.7. The number of pyridine rings is 1. The Kier molecular flexibility index (Phi) is 7.52. The Hall–Kier alpha value is -1.91. The molecule has 1 aromatic carbocycles. The average molecular weight is 437 g/mol. The van der Waals surface area contributed by atoms with Crippen molar-refractivity contribution in [2.45, 2.75) is 98.0 Å². The normalized spacial score (nSPS) is 22.4. The Morgan fingerprint density at radius 2 is 1.66 bits per heavy atom. The maximum Gasteiger partial charge on any atom is 0.128 e. The number of aromatic nitrogens is 1. The molecule has 4 nitrogen and oxygen atoms in total. The maximum atomic E-state index is 6.69. The van der Waals surface area contributed by atoms with Gasteiger partial charge in [-0.15, -0.1) is 0 Å². The van der Waals surface area contributed by atoms with Crippen molar-refractivity contribution in [2.75, 3.05) is 13.1 Å². The number of hydrogen-bond acceptors (Lipinski definition) is 4. The minimum Gasteiger partial charge on any atom is -0.490 e. The molecule has 1 saturated carbocycles. The lowest BCUT2D eigenvalue weighted by Gasteiger charge is -2.36. The predicted molar refractivity (Wildman–Crippen MR) is 131 cm³/mol. The van der Waals surface area contributed by atoms with Crippen LogP contribution in [0.2, 0.25) is 0 Å². The van der Waals surface area contributed by atoms with E-state index in [4.69, 9.17) is 14.5 Å². The third-order valence-corrected chi connectivity index (χ3v) is 7.02. The fraction of sp³-hybridized carbons (Fsp3) is 0.607. The lowest BCUT2D eigenvalue weighted by atomic mass is 9.94. The Bertz CT molecular complexity index is 888. The van der Waals surface area contributed by atoms with Gasteiger partial charge >= 0.3 is 0 Å². The minimum atomic E-state index is 0.258. The topological polar surface area (TPSA) is 34.6 Å². The molecular weight excluding hydrogens is 396 g/mol. The van der Waals surface area contributed by atoms with Gasteiger partial charge in [0.25, 0.3) is 0 Å². The van der Waals surface area contributed by atoms with Crippen LogP contribution in [0, 0.1) is 6.92 Å². The number of morpholine rings is 1. The van der Waals surface area contributed by atoms with Crippen molar-refractivity contribution in [1.82, 2.24) is 9.88 Å². The van der Waals surface area contributed by atoms with Crippen LogP contribution >= 0.6 is 0 Å². The van der Waals surface area contributed by atoms with Crippen molar-refractivity contribution < 1.29 is 9.47 Å². The first kappa shape index (κ1) is 23.3. The lowest BCUT2D eigenvalue weighted by molar-refractivity contribution is -0.0707. The van der Waals surface area contributed by atoms with Crippen LogP contribution in [0.15, 0.2) is 24.3 Å². The van der Waals surface area contributed by atoms with Crippen molar-refractivity contribution in [3.8, 4) is 17.0 Å². The molecule has 0 amide bonds. The van der Waals surface area contributed by atoms with Gasteiger partial charge in [-0.1, -0.05) is 32.0 Å². The molecule has 2 fully saturated rings. The monoisotopic (exact) mass is 436 g/mol. The third kappa shape index (κ3) is 5.18. The Balaban J connectivity index is 1.74. The zero-order valence-corrected chi connectivity index (χ0v) is 20.6. The van der Waals surface area contributed by atoms with E-state index in [9.17, 15) is 0 Å². The van der Waals surface area contributed by atoms with Crippen LogP contribution < -0.4 is 4.74 Å². The first-order valence-electron chi connectivity index (χ1n) is 12.6. The van der Waals surface area contributed by atoms with E-state index >= 15 is 0 Å². The number of rotatable bonds is 7. The highest BCUT2D eigenvalue weighted by molar-refractivity contribution is 5.70. The van der Waals surface area contributed by atoms with Crippen LogP contribution in [-0.4, -0.2) is 41.3 Å². The summed E-state index contributed by atoms with van der Waals surface area (Å²) >= 11 is 0. The third-order valence-electron chi connectivity index (χ3n) is 7.02. The van der Waals surface area contributed by atoms with Crippen molar-refractivity contribution >= 4 is 0 Å². The smallest absolute Gasteiger partial charge is 0.128 e. The molecule has 2 aliphatic rings. The van der Waals surface area contributed by atoms with Gasteiger partial charge in [0.2, 0.25) is 0 Å². The molecule has 4 heteroatoms. The van der Waals surface area contributed by atoms with E-state index in [2.05, 4.69) is 63.8 Å². The average Bonchev–Trinajstić information content (AvgIpc) is 3.27. The van der Waals surface area contributed by atoms with Gasteiger partial charge in [-0.05, 0) is 70.4 Å². The number of ether oxygens (including phenoxy) is 2. The molecule has 1 aliphatic heterocycles. The first-order valence-corrected chi connectivity index (χ1v) is 12.6. The summed E-state index contributed by atoms with van der Waals surface area (Å²) in [6.07, 6.45) is 7.73. The van der Waals surface area contributed by atoms with Crippen LogP contribution in [0.4, 0.5) is 0 Å². The first-order chi connectivity index (χ1) is 15.5. The fourth-order valence-corrected chi connectivity index (χ4v) is 5.49. The van der Waals surface area contributed by atoms with Gasteiger partial charge in [-0.3, -0.25) is 9.88 Å². The molecule has 1 aliphatic carbocycles. The summed E-state index contributed by atoms with van der Waals surface area (Å²) in [5.74, 6) is 1.04. The van der Waals surface area contributed by atoms with Gasteiger partial charge in [0.15, 0.2) is 0 Å². The standard InChI is InChI=1S/C28H40N2O2/c1-6-22-11-10-12-23(7-2)28(22)26-15-27(32-24-13-8-9-14-24)25(21(5)29-26)18-30-16-19(3)31-20(4)17-30/h10-12,15,19-20,24H,6-9,13-14,16-18H2,1-5H3. The maximum absolute atomic E-state index is 6.69. The highest BCUT2D eigenvalue weighted by Gasteiger charge is 2.26. The van der Waals surface area contributed by atoms with Gasteiger partial charge in [-0.2, -0.15) is 0 Å². The molecule has 32 heavy (non-hydrogen) atoms. The van der Waals surface area contributed by atoms with Crippen molar-refractivity contribution in [3.63, 3.8) is 0 Å². The van der Waals surface area contributed by atoms with E-state index in [1.54, 1.807) is 0 Å². The molecule has 0 bridgehead atoms. The Labute approximate surface area is 194 Å². The predicted octanol–water partition coefficient (Wildman–Crippen LogP) is 6.11. The molecule has 1 aromatic heterocycles. The largest absolute Gasteiger partial charge is 0.490 e. The molecule has 0 radical (unpaired) electrons. The van der Waals surface area contributed by atoms with Crippen molar-refractivity contribution in [3.05, 3.63) is 46.6 Å². The second kappa shape index (κ2) is 10.4.